The minimum atomic E-state index is -1.10. The number of carbonyl (C=O) groups excluding carboxylic acids is 1. The number of hydrogen-bond acceptors (Lipinski definition) is 7. The lowest BCUT2D eigenvalue weighted by atomic mass is 10.1. The Hall–Kier alpha value is -4.01. The van der Waals surface area contributed by atoms with Crippen LogP contribution >= 0.6 is 0 Å². The lowest BCUT2D eigenvalue weighted by Gasteiger charge is -2.09. The maximum Gasteiger partial charge on any atom is 0.303 e. The smallest absolute Gasteiger partial charge is 0.303 e. The van der Waals surface area contributed by atoms with Crippen molar-refractivity contribution in [3.8, 4) is 28.6 Å². The molecular formula is C19H15NO8. The van der Waals surface area contributed by atoms with Gasteiger partial charge in [0.2, 0.25) is 17.1 Å². The molecule has 0 fully saturated rings. The van der Waals surface area contributed by atoms with Gasteiger partial charge in [-0.15, -0.1) is 0 Å². The molecule has 9 heteroatoms. The number of benzene rings is 2. The number of anilines is 1. The Morgan fingerprint density at radius 2 is 1.71 bits per heavy atom. The fraction of sp³-hybridized carbons (Fsp3) is 0.105. The summed E-state index contributed by atoms with van der Waals surface area (Å²) in [6, 6.07) is 7.85. The molecule has 5 N–H and O–H groups in total. The third kappa shape index (κ3) is 3.73. The minimum Gasteiger partial charge on any atom is -0.504 e. The molecule has 2 aromatic carbocycles. The fourth-order valence-electron chi connectivity index (χ4n) is 2.57. The molecule has 144 valence electrons. The standard InChI is InChI=1S/C19H15NO8/c21-12-3-1-9(7-13(12)22)19-18(27)17(26)11-8-10(2-4-14(11)28-19)20-15(23)5-6-16(24)25/h1-4,7-8,21-22,27H,5-6H2,(H,20,23)(H,24,25). The Kier molecular flexibility index (Phi) is 4.90. The van der Waals surface area contributed by atoms with Gasteiger partial charge in [0.05, 0.1) is 11.8 Å². The van der Waals surface area contributed by atoms with Gasteiger partial charge in [-0.3, -0.25) is 14.4 Å². The van der Waals surface area contributed by atoms with Crippen molar-refractivity contribution < 1.29 is 34.4 Å². The number of fused-ring (bicyclic) bond motifs is 1. The molecule has 3 rings (SSSR count). The summed E-state index contributed by atoms with van der Waals surface area (Å²) in [5.41, 5.74) is -0.221. The number of phenolic OH excluding ortho intramolecular Hbond substituents is 2. The van der Waals surface area contributed by atoms with Crippen LogP contribution in [0.5, 0.6) is 17.2 Å². The number of amides is 1. The summed E-state index contributed by atoms with van der Waals surface area (Å²) in [7, 11) is 0. The zero-order valence-electron chi connectivity index (χ0n) is 14.3. The maximum atomic E-state index is 12.5. The molecule has 0 bridgehead atoms. The van der Waals surface area contributed by atoms with Crippen molar-refractivity contribution in [2.45, 2.75) is 12.8 Å². The quantitative estimate of drug-likeness (QED) is 0.419. The number of hydrogen-bond donors (Lipinski definition) is 5. The van der Waals surface area contributed by atoms with E-state index < -0.39 is 28.8 Å². The molecule has 0 aliphatic rings. The van der Waals surface area contributed by atoms with Crippen molar-refractivity contribution in [2.75, 3.05) is 5.32 Å². The summed E-state index contributed by atoms with van der Waals surface area (Å²) in [5, 5.41) is 40.3. The summed E-state index contributed by atoms with van der Waals surface area (Å²) in [4.78, 5) is 34.8. The highest BCUT2D eigenvalue weighted by Gasteiger charge is 2.17. The fourth-order valence-corrected chi connectivity index (χ4v) is 2.57. The SMILES string of the molecule is O=C(O)CCC(=O)Nc1ccc2oc(-c3ccc(O)c(O)c3)c(O)c(=O)c2c1. The number of aromatic hydroxyl groups is 3. The average Bonchev–Trinajstić information content (AvgIpc) is 2.65. The summed E-state index contributed by atoms with van der Waals surface area (Å²) >= 11 is 0. The second kappa shape index (κ2) is 7.31. The molecule has 28 heavy (non-hydrogen) atoms. The number of aliphatic carboxylic acids is 1. The van der Waals surface area contributed by atoms with Gasteiger partial charge in [-0.05, 0) is 36.4 Å². The molecule has 0 unspecified atom stereocenters. The highest BCUT2D eigenvalue weighted by Crippen LogP contribution is 2.35. The van der Waals surface area contributed by atoms with E-state index in [-0.39, 0.29) is 46.6 Å². The van der Waals surface area contributed by atoms with Crippen LogP contribution in [-0.4, -0.2) is 32.3 Å². The second-order valence-corrected chi connectivity index (χ2v) is 5.97. The Morgan fingerprint density at radius 3 is 2.39 bits per heavy atom. The second-order valence-electron chi connectivity index (χ2n) is 5.97. The van der Waals surface area contributed by atoms with E-state index in [4.69, 9.17) is 9.52 Å². The van der Waals surface area contributed by atoms with Crippen LogP contribution in [-0.2, 0) is 9.59 Å². The Labute approximate surface area is 157 Å². The van der Waals surface area contributed by atoms with Crippen molar-refractivity contribution in [3.05, 3.63) is 46.6 Å². The van der Waals surface area contributed by atoms with Gasteiger partial charge in [-0.1, -0.05) is 0 Å². The summed E-state index contributed by atoms with van der Waals surface area (Å²) < 4.78 is 5.56. The zero-order valence-corrected chi connectivity index (χ0v) is 14.3. The maximum absolute atomic E-state index is 12.5. The number of phenols is 2. The van der Waals surface area contributed by atoms with Crippen molar-refractivity contribution in [3.63, 3.8) is 0 Å². The topological polar surface area (TPSA) is 157 Å². The number of carboxylic acids is 1. The third-order valence-corrected chi connectivity index (χ3v) is 3.95. The van der Waals surface area contributed by atoms with E-state index >= 15 is 0 Å². The molecule has 1 amide bonds. The van der Waals surface area contributed by atoms with Crippen molar-refractivity contribution in [1.82, 2.24) is 0 Å². The largest absolute Gasteiger partial charge is 0.504 e. The van der Waals surface area contributed by atoms with Gasteiger partial charge in [-0.25, -0.2) is 0 Å². The molecule has 0 aliphatic carbocycles. The van der Waals surface area contributed by atoms with Crippen LogP contribution in [0.2, 0.25) is 0 Å². The van der Waals surface area contributed by atoms with Crippen LogP contribution in [0.4, 0.5) is 5.69 Å². The van der Waals surface area contributed by atoms with E-state index in [2.05, 4.69) is 5.32 Å². The molecule has 0 spiro atoms. The Bertz CT molecular complexity index is 1150. The van der Waals surface area contributed by atoms with Gasteiger partial charge in [0.15, 0.2) is 17.3 Å². The van der Waals surface area contributed by atoms with Gasteiger partial charge in [0, 0.05) is 17.7 Å². The summed E-state index contributed by atoms with van der Waals surface area (Å²) in [6.45, 7) is 0. The summed E-state index contributed by atoms with van der Waals surface area (Å²) in [6.07, 6.45) is -0.554. The normalized spacial score (nSPS) is 10.7. The van der Waals surface area contributed by atoms with Crippen molar-refractivity contribution >= 4 is 28.5 Å². The van der Waals surface area contributed by atoms with E-state index in [1.807, 2.05) is 0 Å². The number of rotatable bonds is 5. The van der Waals surface area contributed by atoms with E-state index in [9.17, 15) is 29.7 Å². The van der Waals surface area contributed by atoms with Crippen LogP contribution in [0.1, 0.15) is 12.8 Å². The molecule has 0 radical (unpaired) electrons. The van der Waals surface area contributed by atoms with Gasteiger partial charge >= 0.3 is 5.97 Å². The Balaban J connectivity index is 1.98. The van der Waals surface area contributed by atoms with E-state index in [0.29, 0.717) is 0 Å². The molecule has 9 nitrogen and oxygen atoms in total. The predicted molar refractivity (Wildman–Crippen MR) is 98.4 cm³/mol. The molecular weight excluding hydrogens is 370 g/mol. The van der Waals surface area contributed by atoms with E-state index in [1.54, 1.807) is 0 Å². The van der Waals surface area contributed by atoms with Gasteiger partial charge in [-0.2, -0.15) is 0 Å². The van der Waals surface area contributed by atoms with Gasteiger partial charge in [0.1, 0.15) is 5.58 Å². The molecule has 1 heterocycles. The van der Waals surface area contributed by atoms with Crippen LogP contribution in [0.3, 0.4) is 0 Å². The zero-order chi connectivity index (χ0) is 20.4. The predicted octanol–water partition coefficient (Wildman–Crippen LogP) is 2.38. The lowest BCUT2D eigenvalue weighted by Crippen LogP contribution is -2.13. The van der Waals surface area contributed by atoms with Crippen molar-refractivity contribution in [2.24, 2.45) is 0 Å². The molecule has 0 atom stereocenters. The highest BCUT2D eigenvalue weighted by atomic mass is 16.4. The van der Waals surface area contributed by atoms with E-state index in [0.717, 1.165) is 6.07 Å². The number of carbonyl (C=O) groups is 2. The van der Waals surface area contributed by atoms with Crippen LogP contribution in [0, 0.1) is 0 Å². The average molecular weight is 385 g/mol. The van der Waals surface area contributed by atoms with Crippen molar-refractivity contribution in [1.29, 1.82) is 0 Å². The molecule has 0 aliphatic heterocycles. The van der Waals surface area contributed by atoms with Crippen LogP contribution < -0.4 is 10.7 Å². The third-order valence-electron chi connectivity index (χ3n) is 3.95. The first kappa shape index (κ1) is 18.8. The molecule has 3 aromatic rings. The number of carboxylic acid groups (broad SMARTS) is 1. The minimum absolute atomic E-state index is 0.000264. The van der Waals surface area contributed by atoms with Crippen LogP contribution in [0.15, 0.2) is 45.6 Å². The Morgan fingerprint density at radius 1 is 0.964 bits per heavy atom. The molecule has 1 aromatic heterocycles. The first-order chi connectivity index (χ1) is 13.3. The van der Waals surface area contributed by atoms with Gasteiger partial charge in [0.25, 0.3) is 0 Å². The molecule has 0 saturated carbocycles. The van der Waals surface area contributed by atoms with Gasteiger partial charge < -0.3 is 30.2 Å². The summed E-state index contributed by atoms with van der Waals surface area (Å²) in [5.74, 6) is -3.34. The first-order valence-corrected chi connectivity index (χ1v) is 8.10. The monoisotopic (exact) mass is 385 g/mol. The first-order valence-electron chi connectivity index (χ1n) is 8.10. The highest BCUT2D eigenvalue weighted by molar-refractivity contribution is 5.95. The number of nitrogens with one attached hydrogen (secondary N) is 1. The van der Waals surface area contributed by atoms with E-state index in [1.165, 1.54) is 30.3 Å². The lowest BCUT2D eigenvalue weighted by molar-refractivity contribution is -0.138. The van der Waals surface area contributed by atoms with Crippen LogP contribution in [0.25, 0.3) is 22.3 Å². The molecule has 0 saturated heterocycles.